The number of halogens is 1. The van der Waals surface area contributed by atoms with Crippen molar-refractivity contribution in [3.05, 3.63) is 53.6 Å². The van der Waals surface area contributed by atoms with Gasteiger partial charge in [-0.25, -0.2) is 4.68 Å². The second kappa shape index (κ2) is 7.32. The van der Waals surface area contributed by atoms with Crippen LogP contribution in [0.1, 0.15) is 12.5 Å². The molecule has 0 fully saturated rings. The zero-order chi connectivity index (χ0) is 19.7. The number of methoxy groups -OCH3 is 1. The standard InChI is InChI=1S/C19H16ClN5O3/c1-28-14-7-5-11(6-8-14)17-22-19-23-18(27)15(25(19)24-17)10-16(26)21-13-4-2-3-12(20)9-13/h2-9,15H,10H2,1H3,(H,21,26)(H,22,23,24,27)/t15-/m0/s1. The van der Waals surface area contributed by atoms with Gasteiger partial charge in [0.05, 0.1) is 13.5 Å². The first-order valence-corrected chi connectivity index (χ1v) is 8.88. The summed E-state index contributed by atoms with van der Waals surface area (Å²) in [5.41, 5.74) is 1.34. The van der Waals surface area contributed by atoms with E-state index in [9.17, 15) is 9.59 Å². The number of fused-ring (bicyclic) bond motifs is 1. The number of aromatic nitrogens is 3. The molecule has 0 radical (unpaired) electrons. The van der Waals surface area contributed by atoms with E-state index in [0.29, 0.717) is 22.5 Å². The molecule has 0 spiro atoms. The van der Waals surface area contributed by atoms with E-state index in [1.165, 1.54) is 4.68 Å². The van der Waals surface area contributed by atoms with Crippen LogP contribution in [0.25, 0.3) is 11.4 Å². The van der Waals surface area contributed by atoms with Crippen molar-refractivity contribution in [3.63, 3.8) is 0 Å². The molecule has 9 heteroatoms. The average Bonchev–Trinajstić information content (AvgIpc) is 3.20. The van der Waals surface area contributed by atoms with Crippen LogP contribution in [0, 0.1) is 0 Å². The number of carbonyl (C=O) groups excluding carboxylic acids is 2. The number of anilines is 2. The molecule has 1 aliphatic rings. The molecule has 3 aromatic rings. The Balaban J connectivity index is 1.51. The Morgan fingerprint density at radius 3 is 2.79 bits per heavy atom. The van der Waals surface area contributed by atoms with Crippen LogP contribution in [0.3, 0.4) is 0 Å². The molecule has 0 saturated carbocycles. The molecule has 0 bridgehead atoms. The predicted molar refractivity (Wildman–Crippen MR) is 104 cm³/mol. The third kappa shape index (κ3) is 3.54. The van der Waals surface area contributed by atoms with Crippen molar-refractivity contribution < 1.29 is 14.3 Å². The second-order valence-electron chi connectivity index (χ2n) is 6.20. The topological polar surface area (TPSA) is 98.1 Å². The fraction of sp³-hybridized carbons (Fsp3) is 0.158. The summed E-state index contributed by atoms with van der Waals surface area (Å²) in [7, 11) is 1.59. The number of carbonyl (C=O) groups is 2. The molecule has 8 nitrogen and oxygen atoms in total. The van der Waals surface area contributed by atoms with E-state index in [1.54, 1.807) is 43.5 Å². The number of amides is 2. The van der Waals surface area contributed by atoms with E-state index in [2.05, 4.69) is 20.7 Å². The van der Waals surface area contributed by atoms with Gasteiger partial charge in [-0.05, 0) is 42.5 Å². The van der Waals surface area contributed by atoms with Crippen molar-refractivity contribution in [1.29, 1.82) is 0 Å². The summed E-state index contributed by atoms with van der Waals surface area (Å²) in [5.74, 6) is 0.850. The third-order valence-electron chi connectivity index (χ3n) is 4.30. The Kier molecular flexibility index (Phi) is 4.70. The first-order chi connectivity index (χ1) is 13.5. The number of rotatable bonds is 5. The highest BCUT2D eigenvalue weighted by molar-refractivity contribution is 6.30. The van der Waals surface area contributed by atoms with Crippen LogP contribution in [0.4, 0.5) is 11.6 Å². The summed E-state index contributed by atoms with van der Waals surface area (Å²) in [6.45, 7) is 0. The Hall–Kier alpha value is -3.39. The molecule has 142 valence electrons. The minimum atomic E-state index is -0.770. The molecule has 4 rings (SSSR count). The van der Waals surface area contributed by atoms with Crippen molar-refractivity contribution in [2.75, 3.05) is 17.7 Å². The van der Waals surface area contributed by atoms with Gasteiger partial charge >= 0.3 is 0 Å². The van der Waals surface area contributed by atoms with E-state index < -0.39 is 6.04 Å². The van der Waals surface area contributed by atoms with E-state index >= 15 is 0 Å². The van der Waals surface area contributed by atoms with Gasteiger partial charge in [-0.2, -0.15) is 4.98 Å². The quantitative estimate of drug-likeness (QED) is 0.689. The maximum absolute atomic E-state index is 12.4. The van der Waals surface area contributed by atoms with Gasteiger partial charge in [-0.3, -0.25) is 14.9 Å². The summed E-state index contributed by atoms with van der Waals surface area (Å²) in [6.07, 6.45) is -0.0727. The van der Waals surface area contributed by atoms with Crippen LogP contribution >= 0.6 is 11.6 Å². The van der Waals surface area contributed by atoms with Crippen LogP contribution in [-0.4, -0.2) is 33.7 Å². The largest absolute Gasteiger partial charge is 0.497 e. The van der Waals surface area contributed by atoms with Gasteiger partial charge in [0.1, 0.15) is 11.8 Å². The van der Waals surface area contributed by atoms with Crippen LogP contribution in [-0.2, 0) is 9.59 Å². The molecule has 1 atom stereocenters. The molecular weight excluding hydrogens is 382 g/mol. The molecule has 0 saturated heterocycles. The van der Waals surface area contributed by atoms with Crippen LogP contribution in [0.15, 0.2) is 48.5 Å². The molecule has 1 aliphatic heterocycles. The van der Waals surface area contributed by atoms with E-state index in [-0.39, 0.29) is 18.2 Å². The zero-order valence-corrected chi connectivity index (χ0v) is 15.6. The lowest BCUT2D eigenvalue weighted by atomic mass is 10.2. The van der Waals surface area contributed by atoms with Gasteiger partial charge in [-0.15, -0.1) is 5.10 Å². The molecule has 0 unspecified atom stereocenters. The third-order valence-corrected chi connectivity index (χ3v) is 4.53. The highest BCUT2D eigenvalue weighted by atomic mass is 35.5. The number of nitrogens with one attached hydrogen (secondary N) is 2. The van der Waals surface area contributed by atoms with Gasteiger partial charge in [0.25, 0.3) is 5.91 Å². The minimum Gasteiger partial charge on any atom is -0.497 e. The molecule has 28 heavy (non-hydrogen) atoms. The first kappa shape index (κ1) is 18.0. The fourth-order valence-electron chi connectivity index (χ4n) is 2.93. The van der Waals surface area contributed by atoms with Crippen LogP contribution in [0.5, 0.6) is 5.75 Å². The SMILES string of the molecule is COc1ccc(-c2nc3n(n2)[C@@H](CC(=O)Nc2cccc(Cl)c2)C(=O)N3)cc1. The Morgan fingerprint density at radius 1 is 1.29 bits per heavy atom. The van der Waals surface area contributed by atoms with Crippen molar-refractivity contribution in [3.8, 4) is 17.1 Å². The van der Waals surface area contributed by atoms with Gasteiger partial charge in [0.15, 0.2) is 5.82 Å². The summed E-state index contributed by atoms with van der Waals surface area (Å²) < 4.78 is 6.59. The van der Waals surface area contributed by atoms with Crippen molar-refractivity contribution >= 4 is 35.1 Å². The van der Waals surface area contributed by atoms with Gasteiger partial charge in [0.2, 0.25) is 11.9 Å². The summed E-state index contributed by atoms with van der Waals surface area (Å²) in [4.78, 5) is 29.0. The summed E-state index contributed by atoms with van der Waals surface area (Å²) >= 11 is 5.92. The van der Waals surface area contributed by atoms with Gasteiger partial charge < -0.3 is 10.1 Å². The Labute approximate surface area is 165 Å². The Bertz CT molecular complexity index is 1050. The number of hydrogen-bond donors (Lipinski definition) is 2. The average molecular weight is 398 g/mol. The summed E-state index contributed by atoms with van der Waals surface area (Å²) in [5, 5.41) is 10.3. The molecule has 1 aromatic heterocycles. The lowest BCUT2D eigenvalue weighted by Crippen LogP contribution is -2.23. The molecule has 2 amide bonds. The fourth-order valence-corrected chi connectivity index (χ4v) is 3.12. The van der Waals surface area contributed by atoms with Gasteiger partial charge in [-0.1, -0.05) is 17.7 Å². The monoisotopic (exact) mass is 397 g/mol. The maximum Gasteiger partial charge on any atom is 0.252 e. The number of benzene rings is 2. The lowest BCUT2D eigenvalue weighted by molar-refractivity contribution is -0.123. The van der Waals surface area contributed by atoms with E-state index in [1.807, 2.05) is 12.1 Å². The smallest absolute Gasteiger partial charge is 0.252 e. The van der Waals surface area contributed by atoms with E-state index in [0.717, 1.165) is 11.3 Å². The molecule has 2 N–H and O–H groups in total. The second-order valence-corrected chi connectivity index (χ2v) is 6.64. The maximum atomic E-state index is 12.4. The highest BCUT2D eigenvalue weighted by Gasteiger charge is 2.35. The van der Waals surface area contributed by atoms with Gasteiger partial charge in [0, 0.05) is 16.3 Å². The number of ether oxygens (including phenoxy) is 1. The number of hydrogen-bond acceptors (Lipinski definition) is 5. The normalized spacial score (nSPS) is 15.1. The predicted octanol–water partition coefficient (Wildman–Crippen LogP) is 3.13. The van der Waals surface area contributed by atoms with Crippen molar-refractivity contribution in [2.24, 2.45) is 0 Å². The zero-order valence-electron chi connectivity index (χ0n) is 14.8. The highest BCUT2D eigenvalue weighted by Crippen LogP contribution is 2.29. The van der Waals surface area contributed by atoms with Crippen molar-refractivity contribution in [2.45, 2.75) is 12.5 Å². The molecule has 0 aliphatic carbocycles. The Morgan fingerprint density at radius 2 is 2.07 bits per heavy atom. The van der Waals surface area contributed by atoms with Crippen LogP contribution < -0.4 is 15.4 Å². The first-order valence-electron chi connectivity index (χ1n) is 8.51. The lowest BCUT2D eigenvalue weighted by Gasteiger charge is -2.10. The van der Waals surface area contributed by atoms with E-state index in [4.69, 9.17) is 16.3 Å². The minimum absolute atomic E-state index is 0.0727. The molecular formula is C19H16ClN5O3. The van der Waals surface area contributed by atoms with Crippen molar-refractivity contribution in [1.82, 2.24) is 14.8 Å². The number of nitrogens with zero attached hydrogens (tertiary/aromatic N) is 3. The summed E-state index contributed by atoms with van der Waals surface area (Å²) in [6, 6.07) is 13.3. The molecule has 2 aromatic carbocycles. The molecule has 2 heterocycles. The van der Waals surface area contributed by atoms with Crippen LogP contribution in [0.2, 0.25) is 5.02 Å².